The average Bonchev–Trinajstić information content (AvgIpc) is 2.78. The quantitative estimate of drug-likeness (QED) is 0.481. The highest BCUT2D eigenvalue weighted by Crippen LogP contribution is 2.18. The molecule has 10 nitrogen and oxygen atoms in total. The van der Waals surface area contributed by atoms with Gasteiger partial charge >= 0.3 is 6.09 Å². The Kier molecular flexibility index (Phi) is 7.74. The van der Waals surface area contributed by atoms with E-state index in [0.29, 0.717) is 12.1 Å². The van der Waals surface area contributed by atoms with Crippen molar-refractivity contribution in [3.8, 4) is 0 Å². The molecule has 33 heavy (non-hydrogen) atoms. The largest absolute Gasteiger partial charge is 0.445 e. The summed E-state index contributed by atoms with van der Waals surface area (Å²) in [5.41, 5.74) is 10.5. The van der Waals surface area contributed by atoms with Crippen LogP contribution in [0.15, 0.2) is 59.7 Å². The lowest BCUT2D eigenvalue weighted by Gasteiger charge is -2.20. The van der Waals surface area contributed by atoms with E-state index in [1.54, 1.807) is 36.4 Å². The second kappa shape index (κ2) is 10.9. The van der Waals surface area contributed by atoms with Crippen LogP contribution < -0.4 is 21.8 Å². The minimum atomic E-state index is -1.21. The Balaban J connectivity index is 1.60. The zero-order valence-corrected chi connectivity index (χ0v) is 18.0. The molecule has 2 aromatic carbocycles. The fourth-order valence-corrected chi connectivity index (χ4v) is 3.27. The average molecular weight is 451 g/mol. The third-order valence-electron chi connectivity index (χ3n) is 4.93. The van der Waals surface area contributed by atoms with Gasteiger partial charge in [0.25, 0.3) is 0 Å². The first-order chi connectivity index (χ1) is 15.8. The van der Waals surface area contributed by atoms with Crippen molar-refractivity contribution in [3.63, 3.8) is 0 Å². The van der Waals surface area contributed by atoms with E-state index in [9.17, 15) is 19.2 Å². The van der Waals surface area contributed by atoms with Gasteiger partial charge in [0.2, 0.25) is 17.7 Å². The molecule has 1 aliphatic heterocycles. The third kappa shape index (κ3) is 6.89. The number of nitrogens with two attached hydrogens (primary N) is 1. The standard InChI is InChI=1S/C23H25N5O5/c1-14-11-20(30)27-28-21(14)16-7-9-17(10-8-16)25-22(31)18(12-19(24)29)26-23(32)33-13-15-5-3-2-4-6-15/h2-10,14,18H,11-13H2,1H3,(H2,24,29)(H,25,31)(H,26,32)(H,27,30)/t14?,18-/m0/s1. The molecule has 0 spiro atoms. The van der Waals surface area contributed by atoms with Crippen molar-refractivity contribution in [3.05, 3.63) is 65.7 Å². The summed E-state index contributed by atoms with van der Waals surface area (Å²) in [7, 11) is 0. The zero-order chi connectivity index (χ0) is 23.8. The first-order valence-corrected chi connectivity index (χ1v) is 10.3. The van der Waals surface area contributed by atoms with Crippen molar-refractivity contribution < 1.29 is 23.9 Å². The maximum absolute atomic E-state index is 12.7. The number of rotatable bonds is 8. The summed E-state index contributed by atoms with van der Waals surface area (Å²) in [5.74, 6) is -1.54. The molecule has 172 valence electrons. The van der Waals surface area contributed by atoms with Crippen molar-refractivity contribution in [2.24, 2.45) is 16.8 Å². The Bertz CT molecular complexity index is 1050. The van der Waals surface area contributed by atoms with Crippen LogP contribution in [-0.2, 0) is 25.7 Å². The lowest BCUT2D eigenvalue weighted by atomic mass is 9.94. The Morgan fingerprint density at radius 2 is 1.85 bits per heavy atom. The molecule has 0 fully saturated rings. The number of benzene rings is 2. The number of amides is 4. The summed E-state index contributed by atoms with van der Waals surface area (Å²) in [6.45, 7) is 1.92. The van der Waals surface area contributed by atoms with Gasteiger partial charge in [0, 0.05) is 18.0 Å². The summed E-state index contributed by atoms with van der Waals surface area (Å²) in [6, 6.07) is 14.7. The maximum atomic E-state index is 12.7. The minimum Gasteiger partial charge on any atom is -0.445 e. The number of hydrazone groups is 1. The molecule has 10 heteroatoms. The number of primary amides is 1. The molecular formula is C23H25N5O5. The number of alkyl carbamates (subject to hydrolysis) is 1. The topological polar surface area (TPSA) is 152 Å². The highest BCUT2D eigenvalue weighted by molar-refractivity contribution is 6.06. The van der Waals surface area contributed by atoms with Crippen molar-refractivity contribution in [1.29, 1.82) is 0 Å². The van der Waals surface area contributed by atoms with Gasteiger partial charge in [0.05, 0.1) is 12.1 Å². The van der Waals surface area contributed by atoms with E-state index < -0.39 is 30.4 Å². The van der Waals surface area contributed by atoms with Crippen LogP contribution in [-0.4, -0.2) is 35.6 Å². The van der Waals surface area contributed by atoms with Crippen LogP contribution in [0.1, 0.15) is 30.9 Å². The number of carbonyl (C=O) groups excluding carboxylic acids is 4. The van der Waals surface area contributed by atoms with Gasteiger partial charge in [-0.1, -0.05) is 49.4 Å². The van der Waals surface area contributed by atoms with E-state index in [2.05, 4.69) is 21.2 Å². The van der Waals surface area contributed by atoms with E-state index >= 15 is 0 Å². The summed E-state index contributed by atoms with van der Waals surface area (Å²) in [6.07, 6.45) is -0.891. The molecule has 2 atom stereocenters. The molecule has 2 aromatic rings. The maximum Gasteiger partial charge on any atom is 0.408 e. The van der Waals surface area contributed by atoms with Gasteiger partial charge in [-0.05, 0) is 23.3 Å². The SMILES string of the molecule is CC1CC(=O)NN=C1c1ccc(NC(=O)[C@H](CC(N)=O)NC(=O)OCc2ccccc2)cc1. The van der Waals surface area contributed by atoms with Gasteiger partial charge in [-0.25, -0.2) is 10.2 Å². The van der Waals surface area contributed by atoms with E-state index in [1.807, 2.05) is 25.1 Å². The number of anilines is 1. The predicted molar refractivity (Wildman–Crippen MR) is 121 cm³/mol. The van der Waals surface area contributed by atoms with Crippen molar-refractivity contribution >= 4 is 35.2 Å². The molecule has 0 aromatic heterocycles. The Labute approximate surface area is 190 Å². The highest BCUT2D eigenvalue weighted by atomic mass is 16.5. The van der Waals surface area contributed by atoms with Gasteiger partial charge in [-0.2, -0.15) is 5.10 Å². The van der Waals surface area contributed by atoms with Crippen molar-refractivity contribution in [2.75, 3.05) is 5.32 Å². The van der Waals surface area contributed by atoms with Gasteiger partial charge in [-0.3, -0.25) is 14.4 Å². The van der Waals surface area contributed by atoms with Crippen LogP contribution in [0.3, 0.4) is 0 Å². The van der Waals surface area contributed by atoms with Crippen LogP contribution in [0.2, 0.25) is 0 Å². The second-order valence-corrected chi connectivity index (χ2v) is 7.63. The van der Waals surface area contributed by atoms with E-state index in [-0.39, 0.29) is 18.4 Å². The van der Waals surface area contributed by atoms with Crippen LogP contribution in [0.25, 0.3) is 0 Å². The molecular weight excluding hydrogens is 426 g/mol. The minimum absolute atomic E-state index is 0.0157. The summed E-state index contributed by atoms with van der Waals surface area (Å²) in [4.78, 5) is 47.6. The molecule has 0 bridgehead atoms. The zero-order valence-electron chi connectivity index (χ0n) is 18.0. The Morgan fingerprint density at radius 3 is 2.48 bits per heavy atom. The first-order valence-electron chi connectivity index (χ1n) is 10.3. The lowest BCUT2D eigenvalue weighted by molar-refractivity contribution is -0.123. The van der Waals surface area contributed by atoms with Crippen molar-refractivity contribution in [2.45, 2.75) is 32.4 Å². The number of nitrogens with one attached hydrogen (secondary N) is 3. The predicted octanol–water partition coefficient (Wildman–Crippen LogP) is 1.66. The Morgan fingerprint density at radius 1 is 1.15 bits per heavy atom. The van der Waals surface area contributed by atoms with Crippen LogP contribution in [0.4, 0.5) is 10.5 Å². The number of ether oxygens (including phenoxy) is 1. The molecule has 1 aliphatic rings. The van der Waals surface area contributed by atoms with Crippen LogP contribution in [0.5, 0.6) is 0 Å². The first kappa shape index (κ1) is 23.5. The molecule has 4 amide bonds. The molecule has 0 radical (unpaired) electrons. The monoisotopic (exact) mass is 451 g/mol. The van der Waals surface area contributed by atoms with Crippen molar-refractivity contribution in [1.82, 2.24) is 10.7 Å². The van der Waals surface area contributed by atoms with Crippen LogP contribution in [0, 0.1) is 5.92 Å². The smallest absolute Gasteiger partial charge is 0.408 e. The number of nitrogens with zero attached hydrogens (tertiary/aromatic N) is 1. The molecule has 1 heterocycles. The van der Waals surface area contributed by atoms with E-state index in [1.165, 1.54) is 0 Å². The second-order valence-electron chi connectivity index (χ2n) is 7.63. The van der Waals surface area contributed by atoms with E-state index in [4.69, 9.17) is 10.5 Å². The van der Waals surface area contributed by atoms with Gasteiger partial charge < -0.3 is 21.1 Å². The molecule has 5 N–H and O–H groups in total. The summed E-state index contributed by atoms with van der Waals surface area (Å²) in [5, 5.41) is 9.13. The summed E-state index contributed by atoms with van der Waals surface area (Å²) < 4.78 is 5.12. The van der Waals surface area contributed by atoms with Gasteiger partial charge in [0.1, 0.15) is 12.6 Å². The lowest BCUT2D eigenvalue weighted by Crippen LogP contribution is -2.46. The molecule has 0 saturated heterocycles. The van der Waals surface area contributed by atoms with Gasteiger partial charge in [-0.15, -0.1) is 0 Å². The third-order valence-corrected chi connectivity index (χ3v) is 4.93. The highest BCUT2D eigenvalue weighted by Gasteiger charge is 2.25. The van der Waals surface area contributed by atoms with E-state index in [0.717, 1.165) is 16.8 Å². The normalized spacial score (nSPS) is 16.1. The number of hydrogen-bond donors (Lipinski definition) is 4. The molecule has 0 saturated carbocycles. The van der Waals surface area contributed by atoms with Gasteiger partial charge in [0.15, 0.2) is 0 Å². The molecule has 1 unspecified atom stereocenters. The number of hydrogen-bond acceptors (Lipinski definition) is 6. The van der Waals surface area contributed by atoms with Crippen LogP contribution >= 0.6 is 0 Å². The summed E-state index contributed by atoms with van der Waals surface area (Å²) >= 11 is 0. The number of carbonyl (C=O) groups is 4. The fourth-order valence-electron chi connectivity index (χ4n) is 3.27. The molecule has 0 aliphatic carbocycles. The Hall–Kier alpha value is -4.21. The fraction of sp³-hybridized carbons (Fsp3) is 0.261. The molecule has 3 rings (SSSR count).